The van der Waals surface area contributed by atoms with E-state index in [0.717, 1.165) is 16.3 Å². The second-order valence-electron chi connectivity index (χ2n) is 3.41. The van der Waals surface area contributed by atoms with Gasteiger partial charge < -0.3 is 9.97 Å². The van der Waals surface area contributed by atoms with E-state index in [2.05, 4.69) is 9.97 Å². The van der Waals surface area contributed by atoms with E-state index in [-0.39, 0.29) is 11.4 Å². The largest absolute Gasteiger partial charge is 0.351 e. The van der Waals surface area contributed by atoms with Crippen LogP contribution in [0.5, 0.6) is 0 Å². The molecule has 0 aliphatic rings. The molecular formula is C11H7FN2O. The number of benzene rings is 1. The Hall–Kier alpha value is -2.10. The molecule has 2 N–H and O–H groups in total. The van der Waals surface area contributed by atoms with Crippen molar-refractivity contribution < 1.29 is 4.39 Å². The van der Waals surface area contributed by atoms with Crippen LogP contribution in [0.25, 0.3) is 21.8 Å². The van der Waals surface area contributed by atoms with Crippen molar-refractivity contribution >= 4 is 21.8 Å². The average Bonchev–Trinajstić information content (AvgIpc) is 2.58. The third-order valence-corrected chi connectivity index (χ3v) is 2.49. The normalized spacial score (nSPS) is 11.3. The SMILES string of the molecule is O=c1cc2c(c[nH]1)[nH]c1c(F)cccc12. The Morgan fingerprint density at radius 2 is 2.07 bits per heavy atom. The molecule has 3 nitrogen and oxygen atoms in total. The number of H-pyrrole nitrogens is 2. The van der Waals surface area contributed by atoms with Crippen molar-refractivity contribution in [2.75, 3.05) is 0 Å². The van der Waals surface area contributed by atoms with Gasteiger partial charge in [0.2, 0.25) is 5.56 Å². The maximum atomic E-state index is 13.4. The maximum absolute atomic E-state index is 13.4. The van der Waals surface area contributed by atoms with Crippen LogP contribution in [0, 0.1) is 5.82 Å². The fraction of sp³-hybridized carbons (Fsp3) is 0. The lowest BCUT2D eigenvalue weighted by molar-refractivity contribution is 0.637. The summed E-state index contributed by atoms with van der Waals surface area (Å²) in [4.78, 5) is 16.6. The Kier molecular flexibility index (Phi) is 1.48. The van der Waals surface area contributed by atoms with Crippen molar-refractivity contribution in [3.05, 3.63) is 46.6 Å². The Morgan fingerprint density at radius 1 is 1.20 bits per heavy atom. The molecule has 0 saturated heterocycles. The first kappa shape index (κ1) is 8.23. The molecule has 74 valence electrons. The number of para-hydroxylation sites is 1. The lowest BCUT2D eigenvalue weighted by Gasteiger charge is -1.90. The van der Waals surface area contributed by atoms with Crippen molar-refractivity contribution in [1.82, 2.24) is 9.97 Å². The molecular weight excluding hydrogens is 195 g/mol. The highest BCUT2D eigenvalue weighted by Crippen LogP contribution is 2.24. The smallest absolute Gasteiger partial charge is 0.248 e. The third-order valence-electron chi connectivity index (χ3n) is 2.49. The molecule has 2 aromatic heterocycles. The van der Waals surface area contributed by atoms with Crippen molar-refractivity contribution in [1.29, 1.82) is 0 Å². The van der Waals surface area contributed by atoms with Gasteiger partial charge in [-0.3, -0.25) is 4.79 Å². The number of fused-ring (bicyclic) bond motifs is 3. The number of halogens is 1. The van der Waals surface area contributed by atoms with E-state index in [1.807, 2.05) is 0 Å². The molecule has 3 rings (SSSR count). The summed E-state index contributed by atoms with van der Waals surface area (Å²) in [5.74, 6) is -0.309. The molecule has 2 heterocycles. The lowest BCUT2D eigenvalue weighted by Crippen LogP contribution is -2.00. The summed E-state index contributed by atoms with van der Waals surface area (Å²) >= 11 is 0. The van der Waals surface area contributed by atoms with Gasteiger partial charge in [0.1, 0.15) is 5.82 Å². The highest BCUT2D eigenvalue weighted by molar-refractivity contribution is 6.06. The summed E-state index contributed by atoms with van der Waals surface area (Å²) in [6.45, 7) is 0. The summed E-state index contributed by atoms with van der Waals surface area (Å²) in [7, 11) is 0. The molecule has 3 aromatic rings. The van der Waals surface area contributed by atoms with Gasteiger partial charge in [0, 0.05) is 23.0 Å². The molecule has 0 spiro atoms. The Labute approximate surface area is 83.6 Å². The zero-order valence-corrected chi connectivity index (χ0v) is 7.67. The zero-order valence-electron chi connectivity index (χ0n) is 7.67. The number of pyridine rings is 1. The number of hydrogen-bond donors (Lipinski definition) is 2. The van der Waals surface area contributed by atoms with Crippen molar-refractivity contribution in [3.63, 3.8) is 0 Å². The molecule has 0 aliphatic carbocycles. The molecule has 0 unspecified atom stereocenters. The lowest BCUT2D eigenvalue weighted by atomic mass is 10.2. The average molecular weight is 202 g/mol. The highest BCUT2D eigenvalue weighted by atomic mass is 19.1. The molecule has 4 heteroatoms. The maximum Gasteiger partial charge on any atom is 0.248 e. The van der Waals surface area contributed by atoms with Gasteiger partial charge in [-0.2, -0.15) is 0 Å². The standard InChI is InChI=1S/C11H7FN2O/c12-8-3-1-2-6-7-4-10(15)13-5-9(7)14-11(6)8/h1-5,14H,(H,13,15). The van der Waals surface area contributed by atoms with Crippen molar-refractivity contribution in [2.24, 2.45) is 0 Å². The van der Waals surface area contributed by atoms with Crippen LogP contribution >= 0.6 is 0 Å². The number of aromatic amines is 2. The topological polar surface area (TPSA) is 48.6 Å². The third kappa shape index (κ3) is 1.08. The monoisotopic (exact) mass is 202 g/mol. The van der Waals surface area contributed by atoms with E-state index < -0.39 is 0 Å². The molecule has 0 fully saturated rings. The van der Waals surface area contributed by atoms with Crippen molar-refractivity contribution in [3.8, 4) is 0 Å². The van der Waals surface area contributed by atoms with Gasteiger partial charge in [-0.15, -0.1) is 0 Å². The summed E-state index contributed by atoms with van der Waals surface area (Å²) in [6, 6.07) is 6.27. The molecule has 15 heavy (non-hydrogen) atoms. The van der Waals surface area contributed by atoms with Crippen LogP contribution in [0.2, 0.25) is 0 Å². The van der Waals surface area contributed by atoms with Crippen LogP contribution in [0.15, 0.2) is 35.3 Å². The molecule has 0 aliphatic heterocycles. The Morgan fingerprint density at radius 3 is 2.93 bits per heavy atom. The predicted molar refractivity (Wildman–Crippen MR) is 56.4 cm³/mol. The van der Waals surface area contributed by atoms with Gasteiger partial charge in [-0.1, -0.05) is 12.1 Å². The van der Waals surface area contributed by atoms with Crippen LogP contribution < -0.4 is 5.56 Å². The molecule has 0 atom stereocenters. The van der Waals surface area contributed by atoms with Crippen LogP contribution in [-0.2, 0) is 0 Å². The fourth-order valence-electron chi connectivity index (χ4n) is 1.81. The minimum absolute atomic E-state index is 0.187. The van der Waals surface area contributed by atoms with Gasteiger partial charge in [0.15, 0.2) is 0 Å². The van der Waals surface area contributed by atoms with Crippen LogP contribution in [0.4, 0.5) is 4.39 Å². The molecule has 0 radical (unpaired) electrons. The van der Waals surface area contributed by atoms with Gasteiger partial charge in [0.05, 0.1) is 11.0 Å². The minimum atomic E-state index is -0.309. The number of aromatic nitrogens is 2. The second-order valence-corrected chi connectivity index (χ2v) is 3.41. The molecule has 1 aromatic carbocycles. The van der Waals surface area contributed by atoms with E-state index in [0.29, 0.717) is 5.52 Å². The van der Waals surface area contributed by atoms with Gasteiger partial charge in [-0.05, 0) is 6.07 Å². The van der Waals surface area contributed by atoms with E-state index in [9.17, 15) is 9.18 Å². The number of hydrogen-bond acceptors (Lipinski definition) is 1. The molecule has 0 amide bonds. The molecule has 0 bridgehead atoms. The summed E-state index contributed by atoms with van der Waals surface area (Å²) in [5.41, 5.74) is 0.980. The number of nitrogens with one attached hydrogen (secondary N) is 2. The quantitative estimate of drug-likeness (QED) is 0.576. The van der Waals surface area contributed by atoms with E-state index in [1.165, 1.54) is 12.1 Å². The van der Waals surface area contributed by atoms with E-state index in [4.69, 9.17) is 0 Å². The van der Waals surface area contributed by atoms with Crippen LogP contribution in [-0.4, -0.2) is 9.97 Å². The molecule has 0 saturated carbocycles. The van der Waals surface area contributed by atoms with Crippen molar-refractivity contribution in [2.45, 2.75) is 0 Å². The number of rotatable bonds is 0. The summed E-state index contributed by atoms with van der Waals surface area (Å²) < 4.78 is 13.4. The van der Waals surface area contributed by atoms with Gasteiger partial charge in [-0.25, -0.2) is 4.39 Å². The first-order valence-electron chi connectivity index (χ1n) is 4.54. The van der Waals surface area contributed by atoms with E-state index in [1.54, 1.807) is 18.3 Å². The first-order chi connectivity index (χ1) is 7.25. The highest BCUT2D eigenvalue weighted by Gasteiger charge is 2.07. The van der Waals surface area contributed by atoms with Crippen LogP contribution in [0.3, 0.4) is 0 Å². The summed E-state index contributed by atoms with van der Waals surface area (Å²) in [5, 5.41) is 1.48. The Balaban J connectivity index is 2.64. The van der Waals surface area contributed by atoms with Gasteiger partial charge >= 0.3 is 0 Å². The fourth-order valence-corrected chi connectivity index (χ4v) is 1.81. The van der Waals surface area contributed by atoms with Gasteiger partial charge in [0.25, 0.3) is 0 Å². The Bertz CT molecular complexity index is 711. The van der Waals surface area contributed by atoms with E-state index >= 15 is 0 Å². The zero-order chi connectivity index (χ0) is 10.4. The predicted octanol–water partition coefficient (Wildman–Crippen LogP) is 2.15. The minimum Gasteiger partial charge on any atom is -0.351 e. The second kappa shape index (κ2) is 2.70. The van der Waals surface area contributed by atoms with Crippen LogP contribution in [0.1, 0.15) is 0 Å². The first-order valence-corrected chi connectivity index (χ1v) is 4.54. The summed E-state index contributed by atoms with van der Waals surface area (Å²) in [6.07, 6.45) is 1.55.